The Kier molecular flexibility index (Phi) is 8.66. The highest BCUT2D eigenvalue weighted by Gasteiger charge is 2.27. The van der Waals surface area contributed by atoms with Gasteiger partial charge in [0, 0.05) is 4.47 Å². The first-order valence-electron chi connectivity index (χ1n) is 10.6. The summed E-state index contributed by atoms with van der Waals surface area (Å²) in [5, 5.41) is 2.94. The molecule has 0 radical (unpaired) electrons. The largest absolute Gasteiger partial charge is 0.494 e. The summed E-state index contributed by atoms with van der Waals surface area (Å²) in [6.07, 6.45) is 0.216. The fourth-order valence-corrected chi connectivity index (χ4v) is 4.96. The Bertz CT molecular complexity index is 1170. The second-order valence-electron chi connectivity index (χ2n) is 7.55. The number of carbonyl (C=O) groups is 1. The lowest BCUT2D eigenvalue weighted by atomic mass is 10.0. The first-order valence-corrected chi connectivity index (χ1v) is 12.9. The van der Waals surface area contributed by atoms with Crippen molar-refractivity contribution in [1.82, 2.24) is 10.0 Å². The van der Waals surface area contributed by atoms with Gasteiger partial charge in [0.25, 0.3) is 0 Å². The number of carbonyl (C=O) groups excluding carboxylic acids is 1. The van der Waals surface area contributed by atoms with Crippen LogP contribution in [0.25, 0.3) is 0 Å². The van der Waals surface area contributed by atoms with E-state index in [0.717, 1.165) is 15.6 Å². The Labute approximate surface area is 203 Å². The minimum atomic E-state index is -3.94. The molecule has 3 aromatic rings. The topological polar surface area (TPSA) is 84.5 Å². The summed E-state index contributed by atoms with van der Waals surface area (Å²) in [6.45, 7) is 4.20. The minimum Gasteiger partial charge on any atom is -0.494 e. The van der Waals surface area contributed by atoms with Gasteiger partial charge < -0.3 is 10.1 Å². The van der Waals surface area contributed by atoms with Crippen molar-refractivity contribution >= 4 is 31.9 Å². The zero-order valence-corrected chi connectivity index (χ0v) is 20.9. The van der Waals surface area contributed by atoms with Gasteiger partial charge in [0.15, 0.2) is 0 Å². The third-order valence-electron chi connectivity index (χ3n) is 5.05. The number of nitrogens with one attached hydrogen (secondary N) is 2. The highest BCUT2D eigenvalue weighted by atomic mass is 79.9. The van der Waals surface area contributed by atoms with Crippen molar-refractivity contribution in [2.75, 3.05) is 6.61 Å². The lowest BCUT2D eigenvalue weighted by molar-refractivity contribution is -0.123. The Morgan fingerprint density at radius 1 is 1.00 bits per heavy atom. The number of rotatable bonds is 10. The van der Waals surface area contributed by atoms with Crippen LogP contribution < -0.4 is 14.8 Å². The molecule has 0 saturated carbocycles. The molecule has 0 heterocycles. The molecule has 6 nitrogen and oxygen atoms in total. The highest BCUT2D eigenvalue weighted by molar-refractivity contribution is 9.10. The maximum absolute atomic E-state index is 13.2. The van der Waals surface area contributed by atoms with Crippen molar-refractivity contribution < 1.29 is 17.9 Å². The molecule has 0 spiro atoms. The molecule has 0 aromatic heterocycles. The van der Waals surface area contributed by atoms with Gasteiger partial charge in [-0.3, -0.25) is 4.79 Å². The Morgan fingerprint density at radius 2 is 1.70 bits per heavy atom. The summed E-state index contributed by atoms with van der Waals surface area (Å²) >= 11 is 3.44. The van der Waals surface area contributed by atoms with E-state index in [1.807, 2.05) is 68.4 Å². The lowest BCUT2D eigenvalue weighted by Gasteiger charge is -2.22. The standard InChI is InChI=1S/C25H27BrN2O4S/c1-3-32-22-12-14-23(15-13-22)33(30,31)28-24(16-19-8-5-4-6-9-19)25(29)27-18(2)20-10-7-11-21(26)17-20/h4-15,17-18,24,28H,3,16H2,1-2H3,(H,27,29). The summed E-state index contributed by atoms with van der Waals surface area (Å²) in [6, 6.07) is 21.8. The van der Waals surface area contributed by atoms with Gasteiger partial charge in [0.1, 0.15) is 11.8 Å². The van der Waals surface area contributed by atoms with E-state index in [1.165, 1.54) is 12.1 Å². The molecule has 8 heteroatoms. The van der Waals surface area contributed by atoms with Crippen molar-refractivity contribution in [2.24, 2.45) is 0 Å². The minimum absolute atomic E-state index is 0.0665. The van der Waals surface area contributed by atoms with Crippen molar-refractivity contribution in [3.8, 4) is 5.75 Å². The molecule has 0 bridgehead atoms. The van der Waals surface area contributed by atoms with Gasteiger partial charge in [0.05, 0.1) is 17.5 Å². The first-order chi connectivity index (χ1) is 15.8. The molecule has 2 atom stereocenters. The van der Waals surface area contributed by atoms with E-state index in [4.69, 9.17) is 4.74 Å². The smallest absolute Gasteiger partial charge is 0.241 e. The maximum Gasteiger partial charge on any atom is 0.241 e. The molecule has 33 heavy (non-hydrogen) atoms. The lowest BCUT2D eigenvalue weighted by Crippen LogP contribution is -2.48. The van der Waals surface area contributed by atoms with E-state index in [0.29, 0.717) is 12.4 Å². The summed E-state index contributed by atoms with van der Waals surface area (Å²) < 4.78 is 35.0. The number of amides is 1. The summed E-state index contributed by atoms with van der Waals surface area (Å²) in [5.41, 5.74) is 1.76. The molecule has 1 amide bonds. The van der Waals surface area contributed by atoms with Gasteiger partial charge in [-0.05, 0) is 67.8 Å². The van der Waals surface area contributed by atoms with E-state index in [1.54, 1.807) is 12.1 Å². The van der Waals surface area contributed by atoms with Gasteiger partial charge in [-0.15, -0.1) is 0 Å². The number of hydrogen-bond donors (Lipinski definition) is 2. The van der Waals surface area contributed by atoms with Gasteiger partial charge in [-0.2, -0.15) is 4.72 Å². The van der Waals surface area contributed by atoms with Gasteiger partial charge >= 0.3 is 0 Å². The summed E-state index contributed by atoms with van der Waals surface area (Å²) in [4.78, 5) is 13.3. The van der Waals surface area contributed by atoms with Crippen LogP contribution in [0.3, 0.4) is 0 Å². The molecular formula is C25H27BrN2O4S. The van der Waals surface area contributed by atoms with Gasteiger partial charge in [0.2, 0.25) is 15.9 Å². The first kappa shape index (κ1) is 25.0. The second kappa shape index (κ2) is 11.4. The number of sulfonamides is 1. The van der Waals surface area contributed by atoms with E-state index < -0.39 is 22.0 Å². The maximum atomic E-state index is 13.2. The van der Waals surface area contributed by atoms with Crippen molar-refractivity contribution in [2.45, 2.75) is 37.2 Å². The second-order valence-corrected chi connectivity index (χ2v) is 10.2. The summed E-state index contributed by atoms with van der Waals surface area (Å²) in [5.74, 6) is 0.179. The van der Waals surface area contributed by atoms with E-state index in [2.05, 4.69) is 26.0 Å². The Balaban J connectivity index is 1.81. The number of hydrogen-bond acceptors (Lipinski definition) is 4. The molecule has 0 saturated heterocycles. The van der Waals surface area contributed by atoms with Crippen LogP contribution in [0.2, 0.25) is 0 Å². The fourth-order valence-electron chi connectivity index (χ4n) is 3.35. The Hall–Kier alpha value is -2.68. The van der Waals surface area contributed by atoms with Crippen LogP contribution in [0.1, 0.15) is 31.0 Å². The van der Waals surface area contributed by atoms with Crippen molar-refractivity contribution in [1.29, 1.82) is 0 Å². The third-order valence-corrected chi connectivity index (χ3v) is 7.03. The van der Waals surface area contributed by atoms with Crippen molar-refractivity contribution in [3.05, 3.63) is 94.5 Å². The average Bonchev–Trinajstić information content (AvgIpc) is 2.80. The predicted octanol–water partition coefficient (Wildman–Crippen LogP) is 4.61. The molecule has 174 valence electrons. The van der Waals surface area contributed by atoms with Crippen LogP contribution in [-0.4, -0.2) is 27.0 Å². The van der Waals surface area contributed by atoms with Crippen LogP contribution in [0.15, 0.2) is 88.2 Å². The molecule has 2 unspecified atom stereocenters. The molecule has 2 N–H and O–H groups in total. The average molecular weight is 531 g/mol. The third kappa shape index (κ3) is 7.15. The molecular weight excluding hydrogens is 504 g/mol. The van der Waals surface area contributed by atoms with Gasteiger partial charge in [-0.1, -0.05) is 58.4 Å². The van der Waals surface area contributed by atoms with E-state index in [9.17, 15) is 13.2 Å². The number of ether oxygens (including phenoxy) is 1. The van der Waals surface area contributed by atoms with Crippen molar-refractivity contribution in [3.63, 3.8) is 0 Å². The number of benzene rings is 3. The SMILES string of the molecule is CCOc1ccc(S(=O)(=O)NC(Cc2ccccc2)C(=O)NC(C)c2cccc(Br)c2)cc1. The van der Waals surface area contributed by atoms with Gasteiger partial charge in [-0.25, -0.2) is 8.42 Å². The zero-order valence-electron chi connectivity index (χ0n) is 18.5. The molecule has 3 rings (SSSR count). The van der Waals surface area contributed by atoms with Crippen LogP contribution in [0.5, 0.6) is 5.75 Å². The number of halogens is 1. The molecule has 0 aliphatic rings. The molecule has 0 aliphatic heterocycles. The van der Waals surface area contributed by atoms with Crippen LogP contribution in [-0.2, 0) is 21.2 Å². The van der Waals surface area contributed by atoms with E-state index >= 15 is 0 Å². The monoisotopic (exact) mass is 530 g/mol. The van der Waals surface area contributed by atoms with E-state index in [-0.39, 0.29) is 17.4 Å². The molecule has 0 fully saturated rings. The fraction of sp³-hybridized carbons (Fsp3) is 0.240. The summed E-state index contributed by atoms with van der Waals surface area (Å²) in [7, 11) is -3.94. The zero-order chi connectivity index (χ0) is 23.8. The molecule has 0 aliphatic carbocycles. The van der Waals surface area contributed by atoms with Crippen LogP contribution >= 0.6 is 15.9 Å². The highest BCUT2D eigenvalue weighted by Crippen LogP contribution is 2.19. The van der Waals surface area contributed by atoms with Crippen LogP contribution in [0.4, 0.5) is 0 Å². The Morgan fingerprint density at radius 3 is 2.33 bits per heavy atom. The normalized spacial score (nSPS) is 13.2. The molecule has 3 aromatic carbocycles. The predicted molar refractivity (Wildman–Crippen MR) is 133 cm³/mol. The van der Waals surface area contributed by atoms with Crippen LogP contribution in [0, 0.1) is 0 Å². The quantitative estimate of drug-likeness (QED) is 0.400.